The summed E-state index contributed by atoms with van der Waals surface area (Å²) in [5.41, 5.74) is -0.722. The minimum Gasteiger partial charge on any atom is -0.258 e. The molecule has 0 fully saturated rings. The van der Waals surface area contributed by atoms with Gasteiger partial charge in [-0.15, -0.1) is 0 Å². The Hall–Kier alpha value is -1.54. The molecular weight excluding hydrogens is 299 g/mol. The maximum atomic E-state index is 13.4. The van der Waals surface area contributed by atoms with Gasteiger partial charge in [0.15, 0.2) is 0 Å². The molecule has 1 N–H and O–H groups in total. The molecule has 0 radical (unpaired) electrons. The molecule has 0 saturated heterocycles. The van der Waals surface area contributed by atoms with E-state index in [1.54, 1.807) is 0 Å². The third kappa shape index (κ3) is 4.21. The molecule has 8 heteroatoms. The molecule has 6 nitrogen and oxygen atoms in total. The van der Waals surface area contributed by atoms with Crippen molar-refractivity contribution in [3.8, 4) is 0 Å². The van der Waals surface area contributed by atoms with Crippen molar-refractivity contribution < 1.29 is 17.7 Å². The molecule has 0 aliphatic rings. The van der Waals surface area contributed by atoms with Crippen molar-refractivity contribution >= 4 is 15.7 Å². The Morgan fingerprint density at radius 2 is 1.90 bits per heavy atom. The lowest BCUT2D eigenvalue weighted by molar-refractivity contribution is -0.387. The highest BCUT2D eigenvalue weighted by atomic mass is 32.2. The number of hydrogen-bond donors (Lipinski definition) is 1. The molecule has 0 aliphatic heterocycles. The highest BCUT2D eigenvalue weighted by Crippen LogP contribution is 2.25. The van der Waals surface area contributed by atoms with Crippen molar-refractivity contribution in [2.45, 2.75) is 32.6 Å². The fourth-order valence-electron chi connectivity index (χ4n) is 1.63. The number of benzene rings is 1. The van der Waals surface area contributed by atoms with Gasteiger partial charge in [0.2, 0.25) is 15.8 Å². The van der Waals surface area contributed by atoms with Crippen LogP contribution in [0, 0.1) is 34.7 Å². The van der Waals surface area contributed by atoms with Crippen LogP contribution in [-0.2, 0) is 10.0 Å². The first-order valence-corrected chi connectivity index (χ1v) is 7.98. The Labute approximate surface area is 123 Å². The first kappa shape index (κ1) is 17.5. The molecule has 1 rings (SSSR count). The number of halogens is 1. The largest absolute Gasteiger partial charge is 0.306 e. The van der Waals surface area contributed by atoms with Crippen LogP contribution < -0.4 is 4.72 Å². The van der Waals surface area contributed by atoms with Gasteiger partial charge in [-0.2, -0.15) is 4.39 Å². The lowest BCUT2D eigenvalue weighted by atomic mass is 9.99. The molecule has 1 unspecified atom stereocenters. The van der Waals surface area contributed by atoms with Crippen LogP contribution in [0.2, 0.25) is 0 Å². The summed E-state index contributed by atoms with van der Waals surface area (Å²) in [7, 11) is -3.91. The van der Waals surface area contributed by atoms with E-state index >= 15 is 0 Å². The predicted octanol–water partition coefficient (Wildman–Crippen LogP) is 2.61. The number of nitro groups is 1. The van der Waals surface area contributed by atoms with Crippen LogP contribution in [0.1, 0.15) is 26.3 Å². The number of aryl methyl sites for hydroxylation is 1. The van der Waals surface area contributed by atoms with Crippen LogP contribution in [0.4, 0.5) is 10.1 Å². The second kappa shape index (κ2) is 6.48. The van der Waals surface area contributed by atoms with Crippen LogP contribution in [0.15, 0.2) is 17.0 Å². The van der Waals surface area contributed by atoms with E-state index in [2.05, 4.69) is 4.72 Å². The lowest BCUT2D eigenvalue weighted by Gasteiger charge is -2.16. The van der Waals surface area contributed by atoms with Crippen LogP contribution in [0.5, 0.6) is 0 Å². The van der Waals surface area contributed by atoms with E-state index in [0.717, 1.165) is 12.1 Å². The standard InChI is InChI=1S/C13H19FN2O4S/c1-8(2)10(4)7-15-21(19,20)13-6-12(16(17)18)11(14)5-9(13)3/h5-6,8,10,15H,7H2,1-4H3. The summed E-state index contributed by atoms with van der Waals surface area (Å²) in [5, 5.41) is 10.7. The van der Waals surface area contributed by atoms with Crippen molar-refractivity contribution in [2.24, 2.45) is 11.8 Å². The Bertz CT molecular complexity index is 644. The van der Waals surface area contributed by atoms with Crippen molar-refractivity contribution in [1.29, 1.82) is 0 Å². The summed E-state index contributed by atoms with van der Waals surface area (Å²) in [6.45, 7) is 7.44. The molecular formula is C13H19FN2O4S. The zero-order valence-corrected chi connectivity index (χ0v) is 13.2. The minimum absolute atomic E-state index is 0.107. The van der Waals surface area contributed by atoms with E-state index in [-0.39, 0.29) is 28.8 Å². The van der Waals surface area contributed by atoms with E-state index in [4.69, 9.17) is 0 Å². The fraction of sp³-hybridized carbons (Fsp3) is 0.538. The van der Waals surface area contributed by atoms with Crippen molar-refractivity contribution in [1.82, 2.24) is 4.72 Å². The van der Waals surface area contributed by atoms with Gasteiger partial charge in [-0.1, -0.05) is 20.8 Å². The van der Waals surface area contributed by atoms with E-state index < -0.39 is 26.5 Å². The Morgan fingerprint density at radius 1 is 1.33 bits per heavy atom. The maximum absolute atomic E-state index is 13.4. The SMILES string of the molecule is Cc1cc(F)c([N+](=O)[O-])cc1S(=O)(=O)NCC(C)C(C)C. The number of hydrogen-bond acceptors (Lipinski definition) is 4. The molecule has 118 valence electrons. The monoisotopic (exact) mass is 318 g/mol. The fourth-order valence-corrected chi connectivity index (χ4v) is 3.01. The molecule has 0 bridgehead atoms. The maximum Gasteiger partial charge on any atom is 0.306 e. The summed E-state index contributed by atoms with van der Waals surface area (Å²) in [6.07, 6.45) is 0. The van der Waals surface area contributed by atoms with E-state index in [1.165, 1.54) is 6.92 Å². The number of nitro benzene ring substituents is 1. The van der Waals surface area contributed by atoms with Crippen LogP contribution in [-0.4, -0.2) is 19.9 Å². The molecule has 0 aromatic heterocycles. The topological polar surface area (TPSA) is 89.3 Å². The molecule has 1 atom stereocenters. The van der Waals surface area contributed by atoms with Crippen LogP contribution in [0.3, 0.4) is 0 Å². The van der Waals surface area contributed by atoms with Gasteiger partial charge in [0, 0.05) is 12.6 Å². The number of nitrogens with one attached hydrogen (secondary N) is 1. The summed E-state index contributed by atoms with van der Waals surface area (Å²) in [4.78, 5) is 9.51. The first-order chi connectivity index (χ1) is 9.56. The van der Waals surface area contributed by atoms with Gasteiger partial charge in [0.1, 0.15) is 0 Å². The highest BCUT2D eigenvalue weighted by Gasteiger charge is 2.24. The quantitative estimate of drug-likeness (QED) is 0.645. The molecule has 21 heavy (non-hydrogen) atoms. The van der Waals surface area contributed by atoms with Crippen LogP contribution >= 0.6 is 0 Å². The van der Waals surface area contributed by atoms with Crippen molar-refractivity contribution in [3.05, 3.63) is 33.6 Å². The number of sulfonamides is 1. The predicted molar refractivity (Wildman–Crippen MR) is 77.0 cm³/mol. The highest BCUT2D eigenvalue weighted by molar-refractivity contribution is 7.89. The summed E-state index contributed by atoms with van der Waals surface area (Å²) in [5.74, 6) is -0.654. The third-order valence-electron chi connectivity index (χ3n) is 3.46. The smallest absolute Gasteiger partial charge is 0.258 e. The second-order valence-electron chi connectivity index (χ2n) is 5.40. The molecule has 1 aromatic rings. The van der Waals surface area contributed by atoms with Gasteiger partial charge in [0.25, 0.3) is 0 Å². The first-order valence-electron chi connectivity index (χ1n) is 6.50. The average molecular weight is 318 g/mol. The third-order valence-corrected chi connectivity index (χ3v) is 5.03. The van der Waals surface area contributed by atoms with E-state index in [9.17, 15) is 22.9 Å². The molecule has 0 spiro atoms. The van der Waals surface area contributed by atoms with E-state index in [1.807, 2.05) is 20.8 Å². The average Bonchev–Trinajstić information content (AvgIpc) is 2.34. The minimum atomic E-state index is -3.91. The van der Waals surface area contributed by atoms with Crippen molar-refractivity contribution in [2.75, 3.05) is 6.54 Å². The Morgan fingerprint density at radius 3 is 2.38 bits per heavy atom. The van der Waals surface area contributed by atoms with Crippen LogP contribution in [0.25, 0.3) is 0 Å². The van der Waals surface area contributed by atoms with Gasteiger partial charge in [-0.05, 0) is 30.4 Å². The number of rotatable bonds is 6. The molecule has 0 amide bonds. The molecule has 0 heterocycles. The Kier molecular flexibility index (Phi) is 5.41. The normalized spacial score (nSPS) is 13.4. The summed E-state index contributed by atoms with van der Waals surface area (Å²) in [6, 6.07) is 1.62. The zero-order valence-electron chi connectivity index (χ0n) is 12.4. The summed E-state index contributed by atoms with van der Waals surface area (Å²) >= 11 is 0. The van der Waals surface area contributed by atoms with Gasteiger partial charge < -0.3 is 0 Å². The molecule has 1 aromatic carbocycles. The molecule has 0 aliphatic carbocycles. The number of nitrogens with zero attached hydrogens (tertiary/aromatic N) is 1. The van der Waals surface area contributed by atoms with E-state index in [0.29, 0.717) is 0 Å². The van der Waals surface area contributed by atoms with Gasteiger partial charge in [-0.25, -0.2) is 13.1 Å². The van der Waals surface area contributed by atoms with Gasteiger partial charge >= 0.3 is 5.69 Å². The Balaban J connectivity index is 3.14. The molecule has 0 saturated carbocycles. The van der Waals surface area contributed by atoms with Crippen molar-refractivity contribution in [3.63, 3.8) is 0 Å². The van der Waals surface area contributed by atoms with Gasteiger partial charge in [0.05, 0.1) is 9.82 Å². The lowest BCUT2D eigenvalue weighted by Crippen LogP contribution is -2.30. The summed E-state index contributed by atoms with van der Waals surface area (Å²) < 4.78 is 40.3. The second-order valence-corrected chi connectivity index (χ2v) is 7.13. The van der Waals surface area contributed by atoms with Gasteiger partial charge in [-0.3, -0.25) is 10.1 Å². The zero-order chi connectivity index (χ0) is 16.4.